The Labute approximate surface area is 131 Å². The zero-order valence-electron chi connectivity index (χ0n) is 13.1. The van der Waals surface area contributed by atoms with Crippen LogP contribution in [0.5, 0.6) is 0 Å². The summed E-state index contributed by atoms with van der Waals surface area (Å²) in [5.74, 6) is 0.606. The monoisotopic (exact) mass is 319 g/mol. The average molecular weight is 319 g/mol. The van der Waals surface area contributed by atoms with Crippen LogP contribution in [0.15, 0.2) is 45.9 Å². The van der Waals surface area contributed by atoms with Gasteiger partial charge in [0.25, 0.3) is 10.0 Å². The van der Waals surface area contributed by atoms with E-state index in [0.29, 0.717) is 5.76 Å². The van der Waals surface area contributed by atoms with Gasteiger partial charge in [0.1, 0.15) is 5.76 Å². The van der Waals surface area contributed by atoms with Gasteiger partial charge in [-0.3, -0.25) is 0 Å². The van der Waals surface area contributed by atoms with Gasteiger partial charge in [0.15, 0.2) is 0 Å². The Morgan fingerprint density at radius 3 is 2.55 bits per heavy atom. The predicted octanol–water partition coefficient (Wildman–Crippen LogP) is 3.67. The van der Waals surface area contributed by atoms with E-state index in [1.807, 2.05) is 32.0 Å². The molecule has 1 aliphatic rings. The standard InChI is InChI=1S/C17H21NO3S/c1-12(2)18(22(19,20)17-11-8-13(3)21-17)16-10-9-14-6-4-5-7-15(14)16/h4-8,11-12,16H,9-10H2,1-3H3. The molecule has 0 spiro atoms. The van der Waals surface area contributed by atoms with Crippen LogP contribution in [0, 0.1) is 6.92 Å². The molecular formula is C17H21NO3S. The van der Waals surface area contributed by atoms with Crippen molar-refractivity contribution >= 4 is 10.0 Å². The van der Waals surface area contributed by atoms with Gasteiger partial charge in [-0.15, -0.1) is 0 Å². The summed E-state index contributed by atoms with van der Waals surface area (Å²) < 4.78 is 33.0. The second kappa shape index (κ2) is 5.56. The molecule has 1 aromatic heterocycles. The second-order valence-corrected chi connectivity index (χ2v) is 7.82. The van der Waals surface area contributed by atoms with Gasteiger partial charge in [-0.2, -0.15) is 4.31 Å². The van der Waals surface area contributed by atoms with Crippen molar-refractivity contribution in [2.45, 2.75) is 50.8 Å². The normalized spacial score (nSPS) is 18.1. The molecular weight excluding hydrogens is 298 g/mol. The summed E-state index contributed by atoms with van der Waals surface area (Å²) in [4.78, 5) is 0. The van der Waals surface area contributed by atoms with Gasteiger partial charge in [0, 0.05) is 6.04 Å². The highest BCUT2D eigenvalue weighted by atomic mass is 32.2. The Kier molecular flexibility index (Phi) is 3.87. The quantitative estimate of drug-likeness (QED) is 0.864. The van der Waals surface area contributed by atoms with Crippen LogP contribution in [0.1, 0.15) is 43.2 Å². The highest BCUT2D eigenvalue weighted by Gasteiger charge is 2.39. The molecule has 1 heterocycles. The fraction of sp³-hybridized carbons (Fsp3) is 0.412. The van der Waals surface area contributed by atoms with Crippen molar-refractivity contribution in [3.05, 3.63) is 53.3 Å². The zero-order valence-corrected chi connectivity index (χ0v) is 13.9. The van der Waals surface area contributed by atoms with Crippen LogP contribution < -0.4 is 0 Å². The molecule has 0 N–H and O–H groups in total. The summed E-state index contributed by atoms with van der Waals surface area (Å²) in [6, 6.07) is 11.1. The first-order valence-electron chi connectivity index (χ1n) is 7.59. The maximum atomic E-state index is 13.0. The zero-order chi connectivity index (χ0) is 15.9. The molecule has 0 saturated heterocycles. The van der Waals surface area contributed by atoms with Gasteiger partial charge < -0.3 is 4.42 Å². The van der Waals surface area contributed by atoms with Crippen LogP contribution in [0.25, 0.3) is 0 Å². The number of hydrogen-bond donors (Lipinski definition) is 0. The Morgan fingerprint density at radius 1 is 1.18 bits per heavy atom. The first kappa shape index (κ1) is 15.3. The third-order valence-electron chi connectivity index (χ3n) is 4.16. The highest BCUT2D eigenvalue weighted by Crippen LogP contribution is 2.39. The summed E-state index contributed by atoms with van der Waals surface area (Å²) >= 11 is 0. The van der Waals surface area contributed by atoms with E-state index in [-0.39, 0.29) is 17.2 Å². The molecule has 3 rings (SSSR count). The van der Waals surface area contributed by atoms with E-state index in [0.717, 1.165) is 18.4 Å². The number of aryl methyl sites for hydroxylation is 2. The molecule has 0 radical (unpaired) electrons. The van der Waals surface area contributed by atoms with Crippen molar-refractivity contribution in [3.8, 4) is 0 Å². The molecule has 1 atom stereocenters. The molecule has 2 aromatic rings. The van der Waals surface area contributed by atoms with Gasteiger partial charge in [-0.1, -0.05) is 24.3 Å². The number of benzene rings is 1. The van der Waals surface area contributed by atoms with Gasteiger partial charge >= 0.3 is 0 Å². The van der Waals surface area contributed by atoms with Gasteiger partial charge in [-0.05, 0) is 56.9 Å². The summed E-state index contributed by atoms with van der Waals surface area (Å²) in [6.45, 7) is 5.58. The minimum absolute atomic E-state index is 0.0306. The smallest absolute Gasteiger partial charge is 0.277 e. The lowest BCUT2D eigenvalue weighted by atomic mass is 10.1. The van der Waals surface area contributed by atoms with E-state index >= 15 is 0 Å². The molecule has 4 nitrogen and oxygen atoms in total. The first-order valence-corrected chi connectivity index (χ1v) is 9.03. The van der Waals surface area contributed by atoms with E-state index in [4.69, 9.17) is 4.42 Å². The van der Waals surface area contributed by atoms with Crippen LogP contribution in [-0.2, 0) is 16.4 Å². The van der Waals surface area contributed by atoms with E-state index < -0.39 is 10.0 Å². The van der Waals surface area contributed by atoms with Crippen molar-refractivity contribution in [2.24, 2.45) is 0 Å². The molecule has 0 bridgehead atoms. The van der Waals surface area contributed by atoms with Crippen molar-refractivity contribution < 1.29 is 12.8 Å². The highest BCUT2D eigenvalue weighted by molar-refractivity contribution is 7.89. The lowest BCUT2D eigenvalue weighted by molar-refractivity contribution is 0.265. The Balaban J connectivity index is 2.05. The molecule has 1 unspecified atom stereocenters. The molecule has 0 aliphatic heterocycles. The van der Waals surface area contributed by atoms with E-state index in [1.54, 1.807) is 23.4 Å². The summed E-state index contributed by atoms with van der Waals surface area (Å²) in [5.41, 5.74) is 2.35. The van der Waals surface area contributed by atoms with Crippen LogP contribution >= 0.6 is 0 Å². The minimum Gasteiger partial charge on any atom is -0.449 e. The second-order valence-electron chi connectivity index (χ2n) is 6.05. The van der Waals surface area contributed by atoms with Crippen LogP contribution in [-0.4, -0.2) is 18.8 Å². The van der Waals surface area contributed by atoms with Crippen LogP contribution in [0.2, 0.25) is 0 Å². The Morgan fingerprint density at radius 2 is 1.91 bits per heavy atom. The lowest BCUT2D eigenvalue weighted by Crippen LogP contribution is -2.39. The molecule has 0 saturated carbocycles. The summed E-state index contributed by atoms with van der Waals surface area (Å²) in [7, 11) is -3.64. The molecule has 22 heavy (non-hydrogen) atoms. The number of rotatable bonds is 4. The maximum Gasteiger partial charge on any atom is 0.277 e. The Bertz CT molecular complexity index is 777. The number of hydrogen-bond acceptors (Lipinski definition) is 3. The van der Waals surface area contributed by atoms with Gasteiger partial charge in [0.2, 0.25) is 5.09 Å². The number of nitrogens with zero attached hydrogens (tertiary/aromatic N) is 1. The molecule has 5 heteroatoms. The number of fused-ring (bicyclic) bond motifs is 1. The number of sulfonamides is 1. The summed E-state index contributed by atoms with van der Waals surface area (Å²) in [5, 5.41) is 0.0306. The minimum atomic E-state index is -3.64. The molecule has 1 aromatic carbocycles. The fourth-order valence-electron chi connectivity index (χ4n) is 3.26. The average Bonchev–Trinajstić information content (AvgIpc) is 3.06. The summed E-state index contributed by atoms with van der Waals surface area (Å²) in [6.07, 6.45) is 1.73. The molecule has 1 aliphatic carbocycles. The molecule has 0 amide bonds. The lowest BCUT2D eigenvalue weighted by Gasteiger charge is -2.31. The van der Waals surface area contributed by atoms with Crippen LogP contribution in [0.4, 0.5) is 0 Å². The van der Waals surface area contributed by atoms with Crippen molar-refractivity contribution in [3.63, 3.8) is 0 Å². The third kappa shape index (κ3) is 2.48. The fourth-order valence-corrected chi connectivity index (χ4v) is 5.05. The Hall–Kier alpha value is -1.59. The van der Waals surface area contributed by atoms with Crippen LogP contribution in [0.3, 0.4) is 0 Å². The van der Waals surface area contributed by atoms with E-state index in [1.165, 1.54) is 5.56 Å². The van der Waals surface area contributed by atoms with Crippen molar-refractivity contribution in [1.29, 1.82) is 0 Å². The van der Waals surface area contributed by atoms with Gasteiger partial charge in [0.05, 0.1) is 6.04 Å². The molecule has 118 valence electrons. The molecule has 0 fully saturated rings. The number of furan rings is 1. The maximum absolute atomic E-state index is 13.0. The first-order chi connectivity index (χ1) is 10.4. The topological polar surface area (TPSA) is 50.5 Å². The van der Waals surface area contributed by atoms with Gasteiger partial charge in [-0.25, -0.2) is 8.42 Å². The van der Waals surface area contributed by atoms with E-state index in [2.05, 4.69) is 6.07 Å². The van der Waals surface area contributed by atoms with Crippen molar-refractivity contribution in [1.82, 2.24) is 4.31 Å². The van der Waals surface area contributed by atoms with Crippen molar-refractivity contribution in [2.75, 3.05) is 0 Å². The van der Waals surface area contributed by atoms with E-state index in [9.17, 15) is 8.42 Å². The third-order valence-corrected chi connectivity index (χ3v) is 6.12. The predicted molar refractivity (Wildman–Crippen MR) is 85.1 cm³/mol. The largest absolute Gasteiger partial charge is 0.449 e. The SMILES string of the molecule is Cc1ccc(S(=O)(=O)N(C(C)C)C2CCc3ccccc32)o1.